The predicted octanol–water partition coefficient (Wildman–Crippen LogP) is 1.99. The molecular weight excluding hydrogens is 378 g/mol. The standard InChI is InChI=1S/C20H19N3O4S/c1-13-9-15-10-14(7-8-18(15)23(13)28(2,26)27)19(24)11-22-12-21-17-6-4-3-5-16(17)20(22)25/h3-8,10,12-13H,9,11H2,1-2H3/t13-/m1/s1. The van der Waals surface area contributed by atoms with Crippen molar-refractivity contribution < 1.29 is 13.2 Å². The third-order valence-corrected chi connectivity index (χ3v) is 6.23. The summed E-state index contributed by atoms with van der Waals surface area (Å²) in [7, 11) is -3.38. The molecule has 4 rings (SSSR count). The smallest absolute Gasteiger partial charge is 0.261 e. The van der Waals surface area contributed by atoms with Gasteiger partial charge in [0.05, 0.1) is 35.7 Å². The molecule has 3 aromatic rings. The largest absolute Gasteiger partial charge is 0.292 e. The molecule has 0 unspecified atom stereocenters. The Morgan fingerprint density at radius 2 is 1.96 bits per heavy atom. The van der Waals surface area contributed by atoms with Crippen LogP contribution in [0.2, 0.25) is 0 Å². The summed E-state index contributed by atoms with van der Waals surface area (Å²) in [6, 6.07) is 11.8. The highest BCUT2D eigenvalue weighted by molar-refractivity contribution is 7.92. The molecule has 0 bridgehead atoms. The SMILES string of the molecule is C[C@@H]1Cc2cc(C(=O)Cn3cnc4ccccc4c3=O)ccc2N1S(C)(=O)=O. The molecule has 2 aromatic carbocycles. The minimum absolute atomic E-state index is 0.124. The van der Waals surface area contributed by atoms with Gasteiger partial charge in [-0.15, -0.1) is 0 Å². The Morgan fingerprint density at radius 1 is 1.21 bits per heavy atom. The summed E-state index contributed by atoms with van der Waals surface area (Å²) < 4.78 is 26.7. The van der Waals surface area contributed by atoms with Crippen molar-refractivity contribution in [1.29, 1.82) is 0 Å². The van der Waals surface area contributed by atoms with E-state index in [-0.39, 0.29) is 23.9 Å². The van der Waals surface area contributed by atoms with Gasteiger partial charge in [-0.2, -0.15) is 0 Å². The van der Waals surface area contributed by atoms with Crippen molar-refractivity contribution in [1.82, 2.24) is 9.55 Å². The fourth-order valence-electron chi connectivity index (χ4n) is 3.75. The zero-order valence-electron chi connectivity index (χ0n) is 15.5. The second kappa shape index (κ2) is 6.56. The molecule has 0 saturated carbocycles. The first kappa shape index (κ1) is 18.4. The molecule has 2 heterocycles. The molecule has 0 radical (unpaired) electrons. The van der Waals surface area contributed by atoms with Crippen LogP contribution in [0.5, 0.6) is 0 Å². The average molecular weight is 397 g/mol. The van der Waals surface area contributed by atoms with Crippen molar-refractivity contribution in [2.24, 2.45) is 0 Å². The Labute approximate surface area is 162 Å². The lowest BCUT2D eigenvalue weighted by atomic mass is 10.0. The summed E-state index contributed by atoms with van der Waals surface area (Å²) in [4.78, 5) is 29.5. The number of carbonyl (C=O) groups excluding carboxylic acids is 1. The number of Topliss-reactive ketones (excluding diaryl/α,β-unsaturated/α-hetero) is 1. The summed E-state index contributed by atoms with van der Waals surface area (Å²) in [5.41, 5.74) is 2.19. The number of aromatic nitrogens is 2. The molecule has 1 aliphatic heterocycles. The van der Waals surface area contributed by atoms with Crippen molar-refractivity contribution in [2.75, 3.05) is 10.6 Å². The van der Waals surface area contributed by atoms with Crippen LogP contribution >= 0.6 is 0 Å². The molecule has 7 nitrogen and oxygen atoms in total. The zero-order valence-corrected chi connectivity index (χ0v) is 16.3. The first-order valence-electron chi connectivity index (χ1n) is 8.85. The van der Waals surface area contributed by atoms with Crippen molar-refractivity contribution in [3.8, 4) is 0 Å². The van der Waals surface area contributed by atoms with E-state index >= 15 is 0 Å². The van der Waals surface area contributed by atoms with Crippen LogP contribution in [-0.4, -0.2) is 36.0 Å². The second-order valence-corrected chi connectivity index (χ2v) is 8.93. The Bertz CT molecular complexity index is 1260. The van der Waals surface area contributed by atoms with E-state index in [1.165, 1.54) is 21.5 Å². The maximum atomic E-state index is 12.7. The fourth-order valence-corrected chi connectivity index (χ4v) is 5.01. The number of benzene rings is 2. The van der Waals surface area contributed by atoms with Crippen molar-refractivity contribution >= 4 is 32.4 Å². The number of para-hydroxylation sites is 1. The molecule has 0 N–H and O–H groups in total. The molecular formula is C20H19N3O4S. The van der Waals surface area contributed by atoms with E-state index in [0.29, 0.717) is 28.6 Å². The summed E-state index contributed by atoms with van der Waals surface area (Å²) in [6.45, 7) is 1.71. The predicted molar refractivity (Wildman–Crippen MR) is 107 cm³/mol. The summed E-state index contributed by atoms with van der Waals surface area (Å²) in [5, 5.41) is 0.462. The van der Waals surface area contributed by atoms with Gasteiger partial charge in [-0.3, -0.25) is 18.5 Å². The lowest BCUT2D eigenvalue weighted by molar-refractivity contribution is 0.0970. The van der Waals surface area contributed by atoms with E-state index in [1.54, 1.807) is 42.5 Å². The normalized spacial score (nSPS) is 16.4. The number of sulfonamides is 1. The Hall–Kier alpha value is -3.00. The van der Waals surface area contributed by atoms with Crippen LogP contribution in [0.4, 0.5) is 5.69 Å². The van der Waals surface area contributed by atoms with Gasteiger partial charge in [-0.05, 0) is 49.2 Å². The number of anilines is 1. The van der Waals surface area contributed by atoms with Gasteiger partial charge in [-0.1, -0.05) is 12.1 Å². The van der Waals surface area contributed by atoms with Crippen LogP contribution in [0, 0.1) is 0 Å². The first-order valence-corrected chi connectivity index (χ1v) is 10.7. The Balaban J connectivity index is 1.65. The number of hydrogen-bond acceptors (Lipinski definition) is 5. The molecule has 0 saturated heterocycles. The lowest BCUT2D eigenvalue weighted by Gasteiger charge is -2.21. The minimum Gasteiger partial charge on any atom is -0.292 e. The van der Waals surface area contributed by atoms with E-state index in [0.717, 1.165) is 5.56 Å². The number of nitrogens with zero attached hydrogens (tertiary/aromatic N) is 3. The molecule has 1 aliphatic rings. The van der Waals surface area contributed by atoms with Gasteiger partial charge < -0.3 is 0 Å². The second-order valence-electron chi connectivity index (χ2n) is 7.07. The minimum atomic E-state index is -3.38. The lowest BCUT2D eigenvalue weighted by Crippen LogP contribution is -2.34. The van der Waals surface area contributed by atoms with Gasteiger partial charge in [0.15, 0.2) is 5.78 Å². The van der Waals surface area contributed by atoms with Crippen molar-refractivity contribution in [3.05, 3.63) is 70.3 Å². The molecule has 0 fully saturated rings. The molecule has 0 amide bonds. The topological polar surface area (TPSA) is 89.3 Å². The first-order chi connectivity index (χ1) is 13.3. The van der Waals surface area contributed by atoms with E-state index in [2.05, 4.69) is 4.98 Å². The molecule has 144 valence electrons. The van der Waals surface area contributed by atoms with Gasteiger partial charge in [0, 0.05) is 11.6 Å². The maximum absolute atomic E-state index is 12.7. The highest BCUT2D eigenvalue weighted by atomic mass is 32.2. The summed E-state index contributed by atoms with van der Waals surface area (Å²) in [6.07, 6.45) is 3.10. The van der Waals surface area contributed by atoms with Crippen LogP contribution in [0.3, 0.4) is 0 Å². The van der Waals surface area contributed by atoms with Gasteiger partial charge in [-0.25, -0.2) is 13.4 Å². The number of rotatable bonds is 4. The van der Waals surface area contributed by atoms with Crippen molar-refractivity contribution in [2.45, 2.75) is 25.9 Å². The Kier molecular flexibility index (Phi) is 4.30. The molecule has 0 spiro atoms. The average Bonchev–Trinajstić information content (AvgIpc) is 2.99. The van der Waals surface area contributed by atoms with Crippen molar-refractivity contribution in [3.63, 3.8) is 0 Å². The molecule has 28 heavy (non-hydrogen) atoms. The van der Waals surface area contributed by atoms with Gasteiger partial charge >= 0.3 is 0 Å². The monoisotopic (exact) mass is 397 g/mol. The molecule has 1 aromatic heterocycles. The number of ketones is 1. The zero-order chi connectivity index (χ0) is 20.1. The molecule has 8 heteroatoms. The summed E-state index contributed by atoms with van der Waals surface area (Å²) in [5.74, 6) is -0.229. The summed E-state index contributed by atoms with van der Waals surface area (Å²) >= 11 is 0. The van der Waals surface area contributed by atoms with E-state index in [4.69, 9.17) is 0 Å². The van der Waals surface area contributed by atoms with E-state index in [9.17, 15) is 18.0 Å². The number of carbonyl (C=O) groups is 1. The van der Waals surface area contributed by atoms with Crippen LogP contribution in [0.25, 0.3) is 10.9 Å². The number of hydrogen-bond donors (Lipinski definition) is 0. The van der Waals surface area contributed by atoms with E-state index < -0.39 is 10.0 Å². The van der Waals surface area contributed by atoms with Crippen LogP contribution in [0.15, 0.2) is 53.6 Å². The highest BCUT2D eigenvalue weighted by Crippen LogP contribution is 2.34. The fraction of sp³-hybridized carbons (Fsp3) is 0.250. The van der Waals surface area contributed by atoms with Gasteiger partial charge in [0.2, 0.25) is 10.0 Å². The molecule has 1 atom stereocenters. The van der Waals surface area contributed by atoms with Crippen LogP contribution in [-0.2, 0) is 23.0 Å². The third kappa shape index (κ3) is 3.09. The quantitative estimate of drug-likeness (QED) is 0.628. The number of fused-ring (bicyclic) bond motifs is 2. The third-order valence-electron chi connectivity index (χ3n) is 4.96. The van der Waals surface area contributed by atoms with Gasteiger partial charge in [0.1, 0.15) is 0 Å². The molecule has 0 aliphatic carbocycles. The van der Waals surface area contributed by atoms with Crippen LogP contribution < -0.4 is 9.86 Å². The van der Waals surface area contributed by atoms with Gasteiger partial charge in [0.25, 0.3) is 5.56 Å². The maximum Gasteiger partial charge on any atom is 0.261 e. The van der Waals surface area contributed by atoms with E-state index in [1.807, 2.05) is 6.92 Å². The highest BCUT2D eigenvalue weighted by Gasteiger charge is 2.32. The van der Waals surface area contributed by atoms with Crippen LogP contribution in [0.1, 0.15) is 22.8 Å². The Morgan fingerprint density at radius 3 is 2.71 bits per heavy atom.